The number of fused-ring (bicyclic) bond motifs is 1. The Morgan fingerprint density at radius 2 is 1.91 bits per heavy atom. The molecule has 0 aliphatic rings. The summed E-state index contributed by atoms with van der Waals surface area (Å²) in [6.45, 7) is 2.03. The van der Waals surface area contributed by atoms with Crippen LogP contribution in [0.4, 0.5) is 5.69 Å². The van der Waals surface area contributed by atoms with Gasteiger partial charge >= 0.3 is 0 Å². The third-order valence-electron chi connectivity index (χ3n) is 3.38. The van der Waals surface area contributed by atoms with E-state index in [9.17, 15) is 0 Å². The highest BCUT2D eigenvalue weighted by molar-refractivity contribution is 7.80. The number of hydrazone groups is 1. The number of aromatic nitrogens is 1. The first-order valence-electron chi connectivity index (χ1n) is 6.96. The number of benzene rings is 2. The lowest BCUT2D eigenvalue weighted by Gasteiger charge is -2.09. The van der Waals surface area contributed by atoms with Gasteiger partial charge in [-0.25, -0.2) is 0 Å². The van der Waals surface area contributed by atoms with Crippen molar-refractivity contribution in [1.82, 2.24) is 10.4 Å². The van der Waals surface area contributed by atoms with E-state index >= 15 is 0 Å². The number of hydrogen-bond donors (Lipinski definition) is 3. The standard InChI is InChI=1S/C17H16N4S/c1-12-6-2-4-8-15(12)20-17(22)21-19-11-13-10-18-16-9-5-3-7-14(13)16/h2-11,18H,1H3,(H2,20,21,22)/b19-11+. The number of thiocarbonyl (C=S) groups is 1. The smallest absolute Gasteiger partial charge is 0.191 e. The van der Waals surface area contributed by atoms with Crippen LogP contribution < -0.4 is 10.7 Å². The Kier molecular flexibility index (Phi) is 4.16. The van der Waals surface area contributed by atoms with E-state index in [4.69, 9.17) is 12.2 Å². The quantitative estimate of drug-likeness (QED) is 0.392. The lowest BCUT2D eigenvalue weighted by atomic mass is 10.2. The fourth-order valence-electron chi connectivity index (χ4n) is 2.22. The molecule has 3 rings (SSSR count). The SMILES string of the molecule is Cc1ccccc1NC(=S)N/N=C/c1c[nH]c2ccccc12. The predicted molar refractivity (Wildman–Crippen MR) is 96.4 cm³/mol. The average molecular weight is 308 g/mol. The van der Waals surface area contributed by atoms with Gasteiger partial charge in [0.2, 0.25) is 0 Å². The summed E-state index contributed by atoms with van der Waals surface area (Å²) in [7, 11) is 0. The molecule has 110 valence electrons. The van der Waals surface area contributed by atoms with Gasteiger partial charge in [-0.2, -0.15) is 5.10 Å². The third kappa shape index (κ3) is 3.15. The summed E-state index contributed by atoms with van der Waals surface area (Å²) in [5.74, 6) is 0. The Hall–Kier alpha value is -2.66. The highest BCUT2D eigenvalue weighted by Gasteiger charge is 2.01. The molecule has 4 nitrogen and oxygen atoms in total. The van der Waals surface area contributed by atoms with Crippen LogP contribution in [0, 0.1) is 6.92 Å². The number of anilines is 1. The van der Waals surface area contributed by atoms with Gasteiger partial charge in [-0.05, 0) is 36.8 Å². The minimum Gasteiger partial charge on any atom is -0.361 e. The van der Waals surface area contributed by atoms with E-state index in [0.717, 1.165) is 27.7 Å². The van der Waals surface area contributed by atoms with Crippen molar-refractivity contribution in [3.63, 3.8) is 0 Å². The largest absolute Gasteiger partial charge is 0.361 e. The molecule has 5 heteroatoms. The number of hydrogen-bond acceptors (Lipinski definition) is 2. The van der Waals surface area contributed by atoms with Gasteiger partial charge in [0.1, 0.15) is 0 Å². The predicted octanol–water partition coefficient (Wildman–Crippen LogP) is 3.80. The van der Waals surface area contributed by atoms with Gasteiger partial charge in [-0.15, -0.1) is 0 Å². The molecule has 0 bridgehead atoms. The first kappa shape index (κ1) is 14.3. The molecular formula is C17H16N4S. The van der Waals surface area contributed by atoms with Gasteiger partial charge in [-0.3, -0.25) is 5.43 Å². The van der Waals surface area contributed by atoms with Gasteiger partial charge in [-0.1, -0.05) is 36.4 Å². The van der Waals surface area contributed by atoms with E-state index in [0.29, 0.717) is 5.11 Å². The van der Waals surface area contributed by atoms with Crippen molar-refractivity contribution in [2.75, 3.05) is 5.32 Å². The molecule has 3 N–H and O–H groups in total. The zero-order valence-electron chi connectivity index (χ0n) is 12.1. The van der Waals surface area contributed by atoms with Crippen LogP contribution in [-0.4, -0.2) is 16.3 Å². The summed E-state index contributed by atoms with van der Waals surface area (Å²) in [6, 6.07) is 16.1. The van der Waals surface area contributed by atoms with Crippen LogP contribution in [0.1, 0.15) is 11.1 Å². The molecule has 2 aromatic carbocycles. The Morgan fingerprint density at radius 3 is 2.77 bits per heavy atom. The van der Waals surface area contributed by atoms with Crippen molar-refractivity contribution in [2.45, 2.75) is 6.92 Å². The Labute approximate surface area is 134 Å². The molecular weight excluding hydrogens is 292 g/mol. The highest BCUT2D eigenvalue weighted by Crippen LogP contribution is 2.15. The van der Waals surface area contributed by atoms with Crippen molar-refractivity contribution in [3.05, 3.63) is 65.9 Å². The summed E-state index contributed by atoms with van der Waals surface area (Å²) in [4.78, 5) is 3.21. The van der Waals surface area contributed by atoms with Crippen LogP contribution in [-0.2, 0) is 0 Å². The number of rotatable bonds is 3. The van der Waals surface area contributed by atoms with Crippen molar-refractivity contribution in [2.24, 2.45) is 5.10 Å². The average Bonchev–Trinajstić information content (AvgIpc) is 2.93. The van der Waals surface area contributed by atoms with Crippen LogP contribution in [0.3, 0.4) is 0 Å². The Bertz CT molecular complexity index is 835. The lowest BCUT2D eigenvalue weighted by molar-refractivity contribution is 1.05. The number of nitrogens with one attached hydrogen (secondary N) is 3. The maximum Gasteiger partial charge on any atom is 0.191 e. The van der Waals surface area contributed by atoms with E-state index in [1.807, 2.05) is 55.6 Å². The van der Waals surface area contributed by atoms with Gasteiger partial charge in [0, 0.05) is 28.4 Å². The molecule has 0 aliphatic heterocycles. The van der Waals surface area contributed by atoms with Gasteiger partial charge in [0.25, 0.3) is 0 Å². The molecule has 22 heavy (non-hydrogen) atoms. The topological polar surface area (TPSA) is 52.2 Å². The van der Waals surface area contributed by atoms with Crippen molar-refractivity contribution in [1.29, 1.82) is 0 Å². The molecule has 0 saturated carbocycles. The molecule has 1 aromatic heterocycles. The van der Waals surface area contributed by atoms with Crippen LogP contribution in [0.5, 0.6) is 0 Å². The van der Waals surface area contributed by atoms with E-state index in [1.165, 1.54) is 0 Å². The molecule has 0 saturated heterocycles. The molecule has 0 spiro atoms. The van der Waals surface area contributed by atoms with Crippen LogP contribution in [0.25, 0.3) is 10.9 Å². The molecule has 0 amide bonds. The summed E-state index contributed by atoms with van der Waals surface area (Å²) < 4.78 is 0. The number of aromatic amines is 1. The van der Waals surface area contributed by atoms with Gasteiger partial charge in [0.15, 0.2) is 5.11 Å². The zero-order valence-corrected chi connectivity index (χ0v) is 12.9. The maximum atomic E-state index is 5.24. The Balaban J connectivity index is 1.65. The first-order chi connectivity index (χ1) is 10.7. The number of nitrogens with zero attached hydrogens (tertiary/aromatic N) is 1. The first-order valence-corrected chi connectivity index (χ1v) is 7.36. The summed E-state index contributed by atoms with van der Waals surface area (Å²) in [5, 5.41) is 8.91. The van der Waals surface area contributed by atoms with Crippen LogP contribution >= 0.6 is 12.2 Å². The second kappa shape index (κ2) is 6.41. The van der Waals surface area contributed by atoms with Crippen molar-refractivity contribution >= 4 is 40.1 Å². The monoisotopic (exact) mass is 308 g/mol. The van der Waals surface area contributed by atoms with Crippen molar-refractivity contribution < 1.29 is 0 Å². The maximum absolute atomic E-state index is 5.24. The van der Waals surface area contributed by atoms with Crippen LogP contribution in [0.2, 0.25) is 0 Å². The van der Waals surface area contributed by atoms with Crippen molar-refractivity contribution in [3.8, 4) is 0 Å². The minimum absolute atomic E-state index is 0.463. The number of para-hydroxylation sites is 2. The van der Waals surface area contributed by atoms with E-state index in [1.54, 1.807) is 6.21 Å². The van der Waals surface area contributed by atoms with Gasteiger partial charge < -0.3 is 10.3 Å². The Morgan fingerprint density at radius 1 is 1.14 bits per heavy atom. The van der Waals surface area contributed by atoms with E-state index < -0.39 is 0 Å². The zero-order chi connectivity index (χ0) is 15.4. The summed E-state index contributed by atoms with van der Waals surface area (Å²) in [6.07, 6.45) is 3.68. The summed E-state index contributed by atoms with van der Waals surface area (Å²) >= 11 is 5.24. The molecule has 0 aliphatic carbocycles. The number of aryl methyl sites for hydroxylation is 1. The van der Waals surface area contributed by atoms with E-state index in [-0.39, 0.29) is 0 Å². The van der Waals surface area contributed by atoms with Gasteiger partial charge in [0.05, 0.1) is 6.21 Å². The molecule has 0 unspecified atom stereocenters. The second-order valence-electron chi connectivity index (χ2n) is 4.93. The lowest BCUT2D eigenvalue weighted by Crippen LogP contribution is -2.24. The molecule has 0 fully saturated rings. The molecule has 0 atom stereocenters. The molecule has 3 aromatic rings. The fraction of sp³-hybridized carbons (Fsp3) is 0.0588. The van der Waals surface area contributed by atoms with E-state index in [2.05, 4.69) is 26.9 Å². The second-order valence-corrected chi connectivity index (χ2v) is 5.34. The summed E-state index contributed by atoms with van der Waals surface area (Å²) in [5.41, 5.74) is 7.05. The molecule has 1 heterocycles. The normalized spacial score (nSPS) is 11.0. The third-order valence-corrected chi connectivity index (χ3v) is 3.58. The number of H-pyrrole nitrogens is 1. The molecule has 0 radical (unpaired) electrons. The van der Waals surface area contributed by atoms with Crippen LogP contribution in [0.15, 0.2) is 59.8 Å². The fourth-order valence-corrected chi connectivity index (χ4v) is 2.39. The minimum atomic E-state index is 0.463. The highest BCUT2D eigenvalue weighted by atomic mass is 32.1.